The molecule has 14 heavy (non-hydrogen) atoms. The summed E-state index contributed by atoms with van der Waals surface area (Å²) in [4.78, 5) is -0.0654. The number of sulfonamides is 1. The van der Waals surface area contributed by atoms with Crippen LogP contribution in [0.5, 0.6) is 0 Å². The molecule has 3 nitrogen and oxygen atoms in total. The quantitative estimate of drug-likeness (QED) is 0.566. The Bertz CT molecular complexity index is 402. The van der Waals surface area contributed by atoms with Crippen LogP contribution in [-0.4, -0.2) is 19.5 Å². The lowest BCUT2D eigenvalue weighted by atomic mass is 10.4. The van der Waals surface area contributed by atoms with Gasteiger partial charge in [0.15, 0.2) is 0 Å². The Balaban J connectivity index is 3.03. The van der Waals surface area contributed by atoms with E-state index in [9.17, 15) is 12.9 Å². The molecular formula is C9H10FNO2S. The first kappa shape index (κ1) is 10.9. The predicted octanol–water partition coefficient (Wildman–Crippen LogP) is 1.75. The van der Waals surface area contributed by atoms with Crippen LogP contribution >= 0.6 is 0 Å². The Kier molecular flexibility index (Phi) is 3.38. The normalized spacial score (nSPS) is 11.6. The van der Waals surface area contributed by atoms with Gasteiger partial charge in [-0.3, -0.25) is 0 Å². The van der Waals surface area contributed by atoms with E-state index in [2.05, 4.69) is 6.58 Å². The number of benzene rings is 1. The molecule has 0 aliphatic rings. The van der Waals surface area contributed by atoms with Gasteiger partial charge in [-0.15, -0.1) is 11.1 Å². The molecule has 0 saturated heterocycles. The lowest BCUT2D eigenvalue weighted by Gasteiger charge is -2.09. The van der Waals surface area contributed by atoms with Crippen molar-refractivity contribution in [2.24, 2.45) is 0 Å². The highest BCUT2D eigenvalue weighted by molar-refractivity contribution is 7.89. The summed E-state index contributed by atoms with van der Waals surface area (Å²) >= 11 is 0. The molecule has 5 heteroatoms. The molecule has 0 saturated carbocycles. The second-order valence-corrected chi connectivity index (χ2v) is 4.39. The van der Waals surface area contributed by atoms with Crippen molar-refractivity contribution in [3.63, 3.8) is 0 Å². The Hall–Kier alpha value is -1.20. The van der Waals surface area contributed by atoms with Gasteiger partial charge in [-0.05, 0) is 16.7 Å². The van der Waals surface area contributed by atoms with Crippen LogP contribution in [0.1, 0.15) is 0 Å². The molecule has 0 unspecified atom stereocenters. The average Bonchev–Trinajstić information content (AvgIpc) is 2.19. The lowest BCUT2D eigenvalue weighted by Crippen LogP contribution is -2.22. The van der Waals surface area contributed by atoms with E-state index in [1.54, 1.807) is 6.07 Å². The topological polar surface area (TPSA) is 37.4 Å². The first-order chi connectivity index (χ1) is 6.59. The van der Waals surface area contributed by atoms with Crippen LogP contribution in [0.3, 0.4) is 0 Å². The van der Waals surface area contributed by atoms with Crippen molar-refractivity contribution in [1.29, 1.82) is 0 Å². The van der Waals surface area contributed by atoms with Gasteiger partial charge in [0.05, 0.1) is 11.4 Å². The zero-order chi connectivity index (χ0) is 10.6. The molecule has 0 spiro atoms. The minimum absolute atomic E-state index is 0.0654. The summed E-state index contributed by atoms with van der Waals surface area (Å²) in [6.45, 7) is 2.91. The molecule has 0 radical (unpaired) electrons. The van der Waals surface area contributed by atoms with Crippen molar-refractivity contribution in [1.82, 2.24) is 4.53 Å². The van der Waals surface area contributed by atoms with Gasteiger partial charge in [0.25, 0.3) is 10.0 Å². The summed E-state index contributed by atoms with van der Waals surface area (Å²) in [6.07, 6.45) is 1.18. The van der Waals surface area contributed by atoms with Crippen LogP contribution in [0.4, 0.5) is 4.48 Å². The summed E-state index contributed by atoms with van der Waals surface area (Å²) < 4.78 is 35.7. The number of hydrogen-bond donors (Lipinski definition) is 0. The van der Waals surface area contributed by atoms with Crippen molar-refractivity contribution >= 4 is 10.0 Å². The fraction of sp³-hybridized carbons (Fsp3) is 0.111. The van der Waals surface area contributed by atoms with Crippen LogP contribution in [0, 0.1) is 0 Å². The molecule has 0 heterocycles. The summed E-state index contributed by atoms with van der Waals surface area (Å²) in [5.74, 6) is 0. The predicted molar refractivity (Wildman–Crippen MR) is 51.6 cm³/mol. The first-order valence-corrected chi connectivity index (χ1v) is 5.37. The summed E-state index contributed by atoms with van der Waals surface area (Å²) in [7, 11) is -4.01. The highest BCUT2D eigenvalue weighted by Gasteiger charge is 2.22. The maximum atomic E-state index is 13.0. The number of hydrogen-bond acceptors (Lipinski definition) is 2. The minimum Gasteiger partial charge on any atom is -0.205 e. The van der Waals surface area contributed by atoms with Gasteiger partial charge in [0.2, 0.25) is 0 Å². The van der Waals surface area contributed by atoms with Crippen molar-refractivity contribution in [3.05, 3.63) is 43.0 Å². The molecule has 0 aliphatic heterocycles. The summed E-state index contributed by atoms with van der Waals surface area (Å²) in [5.41, 5.74) is 0. The third-order valence-corrected chi connectivity index (χ3v) is 3.11. The second kappa shape index (κ2) is 4.34. The van der Waals surface area contributed by atoms with Crippen molar-refractivity contribution < 1.29 is 12.9 Å². The van der Waals surface area contributed by atoms with Gasteiger partial charge in [-0.1, -0.05) is 24.3 Å². The van der Waals surface area contributed by atoms with Crippen molar-refractivity contribution in [3.8, 4) is 0 Å². The number of halogens is 1. The van der Waals surface area contributed by atoms with Crippen LogP contribution < -0.4 is 0 Å². The van der Waals surface area contributed by atoms with E-state index in [0.29, 0.717) is 0 Å². The maximum absolute atomic E-state index is 13.0. The molecule has 0 atom stereocenters. The van der Waals surface area contributed by atoms with Gasteiger partial charge in [-0.2, -0.15) is 0 Å². The highest BCUT2D eigenvalue weighted by Crippen LogP contribution is 2.14. The molecule has 1 rings (SSSR count). The zero-order valence-corrected chi connectivity index (χ0v) is 8.24. The van der Waals surface area contributed by atoms with Crippen LogP contribution in [0.25, 0.3) is 0 Å². The smallest absolute Gasteiger partial charge is 0.205 e. The van der Waals surface area contributed by atoms with Gasteiger partial charge >= 0.3 is 0 Å². The van der Waals surface area contributed by atoms with Gasteiger partial charge in [0.1, 0.15) is 0 Å². The Morgan fingerprint density at radius 1 is 1.36 bits per heavy atom. The van der Waals surface area contributed by atoms with Crippen LogP contribution in [0.15, 0.2) is 47.9 Å². The highest BCUT2D eigenvalue weighted by atomic mass is 32.2. The average molecular weight is 215 g/mol. The maximum Gasteiger partial charge on any atom is 0.269 e. The molecule has 1 aromatic rings. The van der Waals surface area contributed by atoms with Crippen molar-refractivity contribution in [2.45, 2.75) is 4.90 Å². The fourth-order valence-electron chi connectivity index (χ4n) is 0.906. The summed E-state index contributed by atoms with van der Waals surface area (Å²) in [5, 5.41) is 0. The van der Waals surface area contributed by atoms with Gasteiger partial charge in [-0.25, -0.2) is 8.42 Å². The third-order valence-electron chi connectivity index (χ3n) is 1.57. The van der Waals surface area contributed by atoms with Crippen molar-refractivity contribution in [2.75, 3.05) is 6.54 Å². The van der Waals surface area contributed by atoms with Crippen LogP contribution in [0.2, 0.25) is 0 Å². The molecule has 0 amide bonds. The Morgan fingerprint density at radius 2 is 1.93 bits per heavy atom. The van der Waals surface area contributed by atoms with Gasteiger partial charge < -0.3 is 0 Å². The van der Waals surface area contributed by atoms with E-state index in [1.165, 1.54) is 30.3 Å². The molecule has 0 aromatic heterocycles. The molecule has 0 aliphatic carbocycles. The molecule has 0 bridgehead atoms. The van der Waals surface area contributed by atoms with E-state index in [0.717, 1.165) is 0 Å². The zero-order valence-electron chi connectivity index (χ0n) is 7.43. The van der Waals surface area contributed by atoms with Gasteiger partial charge in [0, 0.05) is 0 Å². The monoisotopic (exact) mass is 215 g/mol. The minimum atomic E-state index is -4.01. The Labute approximate surface area is 82.5 Å². The van der Waals surface area contributed by atoms with E-state index < -0.39 is 10.0 Å². The molecule has 1 aromatic carbocycles. The number of rotatable bonds is 4. The van der Waals surface area contributed by atoms with E-state index in [1.807, 2.05) is 0 Å². The second-order valence-electron chi connectivity index (χ2n) is 2.58. The standard InChI is InChI=1S/C9H10FNO2S/c1-2-8-11(10)14(12,13)9-6-4-3-5-7-9/h2-7H,1,8H2. The molecule has 0 fully saturated rings. The van der Waals surface area contributed by atoms with Crippen LogP contribution in [-0.2, 0) is 10.0 Å². The largest absolute Gasteiger partial charge is 0.269 e. The molecule has 76 valence electrons. The first-order valence-electron chi connectivity index (χ1n) is 3.93. The fourth-order valence-corrected chi connectivity index (χ4v) is 1.94. The SMILES string of the molecule is C=CCN(F)S(=O)(=O)c1ccccc1. The number of nitrogens with zero attached hydrogens (tertiary/aromatic N) is 1. The summed E-state index contributed by atoms with van der Waals surface area (Å²) in [6, 6.07) is 7.41. The molecular weight excluding hydrogens is 205 g/mol. The van der Waals surface area contributed by atoms with E-state index >= 15 is 0 Å². The Morgan fingerprint density at radius 3 is 2.43 bits per heavy atom. The van der Waals surface area contributed by atoms with E-state index in [4.69, 9.17) is 0 Å². The lowest BCUT2D eigenvalue weighted by molar-refractivity contribution is 0.156. The third kappa shape index (κ3) is 2.18. The van der Waals surface area contributed by atoms with E-state index in [-0.39, 0.29) is 16.0 Å². The molecule has 0 N–H and O–H groups in total.